The Bertz CT molecular complexity index is 620. The van der Waals surface area contributed by atoms with Crippen LogP contribution in [0.15, 0.2) is 34.4 Å². The number of amides is 2. The third kappa shape index (κ3) is 3.95. The van der Waals surface area contributed by atoms with Crippen molar-refractivity contribution in [3.05, 3.63) is 39.3 Å². The predicted molar refractivity (Wildman–Crippen MR) is 86.9 cm³/mol. The summed E-state index contributed by atoms with van der Waals surface area (Å²) >= 11 is 4.91. The van der Waals surface area contributed by atoms with Crippen molar-refractivity contribution >= 4 is 33.3 Å². The van der Waals surface area contributed by atoms with Crippen LogP contribution in [-0.2, 0) is 6.54 Å². The van der Waals surface area contributed by atoms with Gasteiger partial charge >= 0.3 is 12.0 Å². The molecule has 0 aromatic carbocycles. The first-order valence-electron chi connectivity index (χ1n) is 6.90. The molecule has 1 saturated heterocycles. The molecule has 6 nitrogen and oxygen atoms in total. The molecule has 1 aliphatic heterocycles. The Kier molecular flexibility index (Phi) is 4.89. The predicted octanol–water partition coefficient (Wildman–Crippen LogP) is 2.66. The number of hydrogen-bond donors (Lipinski definition) is 1. The number of likely N-dealkylation sites (tertiary alicyclic amines) is 1. The van der Waals surface area contributed by atoms with E-state index in [1.807, 2.05) is 17.5 Å². The van der Waals surface area contributed by atoms with Crippen LogP contribution in [0.3, 0.4) is 0 Å². The molecule has 1 aliphatic rings. The Morgan fingerprint density at radius 1 is 1.50 bits per heavy atom. The number of rotatable bonds is 4. The summed E-state index contributed by atoms with van der Waals surface area (Å²) in [6.45, 7) is 1.79. The minimum absolute atomic E-state index is 0.0591. The number of nitrogens with zero attached hydrogens (tertiary/aromatic N) is 3. The van der Waals surface area contributed by atoms with Crippen molar-refractivity contribution in [2.75, 3.05) is 13.1 Å². The molecular formula is C14H15BrN4O2S. The van der Waals surface area contributed by atoms with Crippen molar-refractivity contribution in [2.45, 2.75) is 19.1 Å². The van der Waals surface area contributed by atoms with E-state index in [1.54, 1.807) is 28.6 Å². The third-order valence-corrected chi connectivity index (χ3v) is 4.58. The normalized spacial score (nSPS) is 17.5. The molecule has 8 heteroatoms. The van der Waals surface area contributed by atoms with Crippen molar-refractivity contribution < 1.29 is 9.53 Å². The van der Waals surface area contributed by atoms with Gasteiger partial charge in [-0.15, -0.1) is 11.3 Å². The van der Waals surface area contributed by atoms with Crippen LogP contribution in [0.25, 0.3) is 0 Å². The van der Waals surface area contributed by atoms with E-state index < -0.39 is 0 Å². The van der Waals surface area contributed by atoms with Crippen LogP contribution < -0.4 is 10.1 Å². The van der Waals surface area contributed by atoms with Crippen LogP contribution in [-0.4, -0.2) is 40.1 Å². The molecule has 1 atom stereocenters. The Morgan fingerprint density at radius 2 is 2.32 bits per heavy atom. The number of ether oxygens (including phenoxy) is 1. The highest BCUT2D eigenvalue weighted by atomic mass is 79.9. The Labute approximate surface area is 140 Å². The van der Waals surface area contributed by atoms with Crippen molar-refractivity contribution in [1.29, 1.82) is 0 Å². The smallest absolute Gasteiger partial charge is 0.317 e. The van der Waals surface area contributed by atoms with E-state index in [9.17, 15) is 4.79 Å². The fourth-order valence-electron chi connectivity index (χ4n) is 2.21. The lowest BCUT2D eigenvalue weighted by Gasteiger charge is -2.17. The Morgan fingerprint density at radius 3 is 3.05 bits per heavy atom. The zero-order valence-electron chi connectivity index (χ0n) is 11.7. The highest BCUT2D eigenvalue weighted by Gasteiger charge is 2.28. The Hall–Kier alpha value is -1.67. The van der Waals surface area contributed by atoms with Gasteiger partial charge in [0.1, 0.15) is 6.10 Å². The maximum Gasteiger partial charge on any atom is 0.317 e. The maximum absolute atomic E-state index is 12.1. The number of carbonyl (C=O) groups is 1. The van der Waals surface area contributed by atoms with Gasteiger partial charge in [0.2, 0.25) is 0 Å². The molecule has 1 fully saturated rings. The molecule has 0 bridgehead atoms. The molecule has 3 heterocycles. The van der Waals surface area contributed by atoms with Gasteiger partial charge in [0.15, 0.2) is 0 Å². The second-order valence-corrected chi connectivity index (χ2v) is 6.84. The zero-order valence-corrected chi connectivity index (χ0v) is 14.1. The van der Waals surface area contributed by atoms with Gasteiger partial charge in [0.05, 0.1) is 17.6 Å². The molecule has 22 heavy (non-hydrogen) atoms. The second-order valence-electron chi connectivity index (χ2n) is 4.90. The molecule has 0 saturated carbocycles. The summed E-state index contributed by atoms with van der Waals surface area (Å²) < 4.78 is 6.50. The number of thiophene rings is 1. The van der Waals surface area contributed by atoms with E-state index in [1.165, 1.54) is 0 Å². The quantitative estimate of drug-likeness (QED) is 0.882. The van der Waals surface area contributed by atoms with Crippen molar-refractivity contribution in [3.63, 3.8) is 0 Å². The molecule has 2 amide bonds. The van der Waals surface area contributed by atoms with Gasteiger partial charge in [0, 0.05) is 30.2 Å². The first kappa shape index (κ1) is 15.2. The number of urea groups is 1. The fraction of sp³-hybridized carbons (Fsp3) is 0.357. The van der Waals surface area contributed by atoms with Crippen molar-refractivity contribution in [1.82, 2.24) is 20.2 Å². The van der Waals surface area contributed by atoms with Crippen LogP contribution in [0, 0.1) is 0 Å². The minimum atomic E-state index is -0.0614. The van der Waals surface area contributed by atoms with Gasteiger partial charge in [-0.25, -0.2) is 14.8 Å². The van der Waals surface area contributed by atoms with E-state index in [-0.39, 0.29) is 12.1 Å². The van der Waals surface area contributed by atoms with Crippen LogP contribution in [0.2, 0.25) is 0 Å². The summed E-state index contributed by atoms with van der Waals surface area (Å²) in [7, 11) is 0. The molecule has 2 aromatic rings. The maximum atomic E-state index is 12.1. The van der Waals surface area contributed by atoms with Gasteiger partial charge < -0.3 is 15.0 Å². The van der Waals surface area contributed by atoms with Gasteiger partial charge in [-0.1, -0.05) is 6.07 Å². The standard InChI is InChI=1S/C14H15BrN4O2S/c15-10-6-16-13(17-7-10)21-11-3-4-19(9-11)14(20)18-8-12-2-1-5-22-12/h1-2,5-7,11H,3-4,8-9H2,(H,18,20)/t11-/m1/s1. The SMILES string of the molecule is O=C(NCc1cccs1)N1CC[C@@H](Oc2ncc(Br)cn2)C1. The average Bonchev–Trinajstić information content (AvgIpc) is 3.19. The topological polar surface area (TPSA) is 67.4 Å². The van der Waals surface area contributed by atoms with E-state index in [4.69, 9.17) is 4.74 Å². The summed E-state index contributed by atoms with van der Waals surface area (Å²) in [6.07, 6.45) is 4.01. The molecular weight excluding hydrogens is 368 g/mol. The van der Waals surface area contributed by atoms with Crippen LogP contribution >= 0.6 is 27.3 Å². The average molecular weight is 383 g/mol. The summed E-state index contributed by atoms with van der Waals surface area (Å²) in [5, 5.41) is 4.92. The van der Waals surface area contributed by atoms with E-state index in [2.05, 4.69) is 31.2 Å². The van der Waals surface area contributed by atoms with Crippen LogP contribution in [0.1, 0.15) is 11.3 Å². The van der Waals surface area contributed by atoms with E-state index in [0.717, 1.165) is 15.8 Å². The molecule has 2 aromatic heterocycles. The van der Waals surface area contributed by atoms with Crippen LogP contribution in [0.5, 0.6) is 6.01 Å². The second kappa shape index (κ2) is 7.06. The molecule has 0 unspecified atom stereocenters. The lowest BCUT2D eigenvalue weighted by molar-refractivity contribution is 0.178. The summed E-state index contributed by atoms with van der Waals surface area (Å²) in [6, 6.07) is 4.26. The number of aromatic nitrogens is 2. The lowest BCUT2D eigenvalue weighted by atomic mass is 10.3. The van der Waals surface area contributed by atoms with Crippen molar-refractivity contribution in [2.24, 2.45) is 0 Å². The number of carbonyl (C=O) groups excluding carboxylic acids is 1. The molecule has 1 N–H and O–H groups in total. The number of halogens is 1. The summed E-state index contributed by atoms with van der Waals surface area (Å²) in [5.41, 5.74) is 0. The van der Waals surface area contributed by atoms with Crippen LogP contribution in [0.4, 0.5) is 4.79 Å². The monoisotopic (exact) mass is 382 g/mol. The molecule has 0 aliphatic carbocycles. The third-order valence-electron chi connectivity index (χ3n) is 3.29. The molecule has 3 rings (SSSR count). The summed E-state index contributed by atoms with van der Waals surface area (Å²) in [5.74, 6) is 0. The molecule has 0 spiro atoms. The largest absolute Gasteiger partial charge is 0.458 e. The van der Waals surface area contributed by atoms with Gasteiger partial charge in [-0.2, -0.15) is 0 Å². The summed E-state index contributed by atoms with van der Waals surface area (Å²) in [4.78, 5) is 23.2. The molecule has 0 radical (unpaired) electrons. The molecule has 116 valence electrons. The first-order chi connectivity index (χ1) is 10.7. The number of hydrogen-bond acceptors (Lipinski definition) is 5. The van der Waals surface area contributed by atoms with Gasteiger partial charge in [-0.3, -0.25) is 0 Å². The van der Waals surface area contributed by atoms with E-state index >= 15 is 0 Å². The van der Waals surface area contributed by atoms with E-state index in [0.29, 0.717) is 25.6 Å². The number of nitrogens with one attached hydrogen (secondary N) is 1. The Balaban J connectivity index is 1.47. The fourth-order valence-corrected chi connectivity index (χ4v) is 3.06. The highest BCUT2D eigenvalue weighted by Crippen LogP contribution is 2.16. The van der Waals surface area contributed by atoms with Gasteiger partial charge in [0.25, 0.3) is 0 Å². The first-order valence-corrected chi connectivity index (χ1v) is 8.57. The van der Waals surface area contributed by atoms with Gasteiger partial charge in [-0.05, 0) is 27.4 Å². The highest BCUT2D eigenvalue weighted by molar-refractivity contribution is 9.10. The van der Waals surface area contributed by atoms with Crippen molar-refractivity contribution in [3.8, 4) is 6.01 Å². The lowest BCUT2D eigenvalue weighted by Crippen LogP contribution is -2.39. The minimum Gasteiger partial charge on any atom is -0.458 e. The zero-order chi connectivity index (χ0) is 15.4.